The van der Waals surface area contributed by atoms with Crippen LogP contribution >= 0.6 is 0 Å². The maximum Gasteiger partial charge on any atom is 0.122 e. The lowest BCUT2D eigenvalue weighted by Crippen LogP contribution is -2.38. The molecule has 3 heteroatoms. The van der Waals surface area contributed by atoms with Crippen LogP contribution in [0.4, 0.5) is 0 Å². The Balaban J connectivity index is 2.71. The average molecular weight is 236 g/mol. The number of rotatable bonds is 7. The molecule has 3 nitrogen and oxygen atoms in total. The molecule has 0 aliphatic rings. The van der Waals surface area contributed by atoms with Crippen molar-refractivity contribution in [1.29, 1.82) is 0 Å². The largest absolute Gasteiger partial charge is 0.496 e. The van der Waals surface area contributed by atoms with Gasteiger partial charge in [0.1, 0.15) is 5.75 Å². The second-order valence-corrected chi connectivity index (χ2v) is 4.61. The Labute approximate surface area is 104 Å². The van der Waals surface area contributed by atoms with Crippen LogP contribution in [0.3, 0.4) is 0 Å². The fourth-order valence-corrected chi connectivity index (χ4v) is 1.92. The second-order valence-electron chi connectivity index (χ2n) is 4.61. The van der Waals surface area contributed by atoms with Crippen molar-refractivity contribution in [2.45, 2.75) is 26.3 Å². The molecule has 0 spiro atoms. The van der Waals surface area contributed by atoms with E-state index >= 15 is 0 Å². The molecule has 17 heavy (non-hydrogen) atoms. The first-order valence-corrected chi connectivity index (χ1v) is 6.24. The molecule has 1 unspecified atom stereocenters. The molecule has 96 valence electrons. The number of nitrogens with one attached hydrogen (secondary N) is 1. The van der Waals surface area contributed by atoms with Gasteiger partial charge < -0.3 is 15.8 Å². The van der Waals surface area contributed by atoms with Gasteiger partial charge in [-0.2, -0.15) is 0 Å². The third-order valence-corrected chi connectivity index (χ3v) is 2.99. The summed E-state index contributed by atoms with van der Waals surface area (Å²) in [6, 6.07) is 8.63. The molecule has 3 N–H and O–H groups in total. The van der Waals surface area contributed by atoms with Crippen molar-refractivity contribution in [3.05, 3.63) is 29.8 Å². The van der Waals surface area contributed by atoms with E-state index in [-0.39, 0.29) is 0 Å². The fraction of sp³-hybridized carbons (Fsp3) is 0.571. The van der Waals surface area contributed by atoms with E-state index in [1.54, 1.807) is 7.11 Å². The topological polar surface area (TPSA) is 47.3 Å². The van der Waals surface area contributed by atoms with Gasteiger partial charge in [0.05, 0.1) is 7.11 Å². The summed E-state index contributed by atoms with van der Waals surface area (Å²) in [6.07, 6.45) is 0.974. The van der Waals surface area contributed by atoms with Crippen LogP contribution in [0, 0.1) is 5.92 Å². The molecule has 0 fully saturated rings. The summed E-state index contributed by atoms with van der Waals surface area (Å²) >= 11 is 0. The van der Waals surface area contributed by atoms with E-state index < -0.39 is 0 Å². The molecule has 1 rings (SSSR count). The minimum atomic E-state index is 0.440. The van der Waals surface area contributed by atoms with Gasteiger partial charge in [0.25, 0.3) is 0 Å². The monoisotopic (exact) mass is 236 g/mol. The predicted molar refractivity (Wildman–Crippen MR) is 72.4 cm³/mol. The van der Waals surface area contributed by atoms with E-state index in [1.807, 2.05) is 12.1 Å². The van der Waals surface area contributed by atoms with Gasteiger partial charge in [-0.15, -0.1) is 0 Å². The highest BCUT2D eigenvalue weighted by atomic mass is 16.5. The van der Waals surface area contributed by atoms with E-state index in [9.17, 15) is 0 Å². The second kappa shape index (κ2) is 7.30. The van der Waals surface area contributed by atoms with Crippen LogP contribution in [0.1, 0.15) is 19.4 Å². The molecule has 0 aliphatic carbocycles. The Morgan fingerprint density at radius 3 is 2.59 bits per heavy atom. The van der Waals surface area contributed by atoms with Gasteiger partial charge in [0, 0.05) is 19.1 Å². The number of ether oxygens (including phenoxy) is 1. The van der Waals surface area contributed by atoms with E-state index in [2.05, 4.69) is 31.3 Å². The Bertz CT molecular complexity index is 326. The molecule has 1 aromatic rings. The SMILES string of the molecule is COc1ccccc1CC(NCCN)C(C)C. The summed E-state index contributed by atoms with van der Waals surface area (Å²) in [5.74, 6) is 1.54. The zero-order chi connectivity index (χ0) is 12.7. The van der Waals surface area contributed by atoms with E-state index in [4.69, 9.17) is 10.5 Å². The van der Waals surface area contributed by atoms with Gasteiger partial charge in [0.15, 0.2) is 0 Å². The minimum Gasteiger partial charge on any atom is -0.496 e. The maximum absolute atomic E-state index is 5.54. The molecule has 0 amide bonds. The van der Waals surface area contributed by atoms with Crippen LogP contribution in [0.25, 0.3) is 0 Å². The zero-order valence-electron chi connectivity index (χ0n) is 11.1. The molecule has 0 aromatic heterocycles. The molecule has 0 radical (unpaired) electrons. The smallest absolute Gasteiger partial charge is 0.122 e. The molecule has 1 aromatic carbocycles. The maximum atomic E-state index is 5.54. The molecule has 0 heterocycles. The summed E-state index contributed by atoms with van der Waals surface area (Å²) < 4.78 is 5.38. The Hall–Kier alpha value is -1.06. The van der Waals surface area contributed by atoms with Gasteiger partial charge in [-0.1, -0.05) is 32.0 Å². The zero-order valence-corrected chi connectivity index (χ0v) is 11.1. The van der Waals surface area contributed by atoms with Crippen LogP contribution in [0.5, 0.6) is 5.75 Å². The fourth-order valence-electron chi connectivity index (χ4n) is 1.92. The van der Waals surface area contributed by atoms with Gasteiger partial charge in [-0.3, -0.25) is 0 Å². The van der Waals surface area contributed by atoms with Gasteiger partial charge in [0.2, 0.25) is 0 Å². The molecule has 0 bridgehead atoms. The first kappa shape index (κ1) is 14.0. The van der Waals surface area contributed by atoms with Gasteiger partial charge >= 0.3 is 0 Å². The molecule has 0 saturated heterocycles. The summed E-state index contributed by atoms with van der Waals surface area (Å²) in [4.78, 5) is 0. The summed E-state index contributed by atoms with van der Waals surface area (Å²) in [6.45, 7) is 5.99. The minimum absolute atomic E-state index is 0.440. The molecular formula is C14H24N2O. The summed E-state index contributed by atoms with van der Waals surface area (Å²) in [5.41, 5.74) is 6.79. The van der Waals surface area contributed by atoms with Crippen LogP contribution in [-0.4, -0.2) is 26.2 Å². The third kappa shape index (κ3) is 4.36. The van der Waals surface area contributed by atoms with Crippen LogP contribution in [0.2, 0.25) is 0 Å². The Morgan fingerprint density at radius 2 is 2.00 bits per heavy atom. The first-order chi connectivity index (χ1) is 8.19. The lowest BCUT2D eigenvalue weighted by Gasteiger charge is -2.23. The highest BCUT2D eigenvalue weighted by Gasteiger charge is 2.15. The third-order valence-electron chi connectivity index (χ3n) is 2.99. The van der Waals surface area contributed by atoms with Crippen molar-refractivity contribution >= 4 is 0 Å². The number of hydrogen-bond donors (Lipinski definition) is 2. The van der Waals surface area contributed by atoms with Crippen LogP contribution in [-0.2, 0) is 6.42 Å². The normalized spacial score (nSPS) is 12.8. The molecule has 1 atom stereocenters. The molecule has 0 saturated carbocycles. The Morgan fingerprint density at radius 1 is 1.29 bits per heavy atom. The van der Waals surface area contributed by atoms with Crippen LogP contribution < -0.4 is 15.8 Å². The van der Waals surface area contributed by atoms with Crippen LogP contribution in [0.15, 0.2) is 24.3 Å². The lowest BCUT2D eigenvalue weighted by molar-refractivity contribution is 0.381. The molecular weight excluding hydrogens is 212 g/mol. The predicted octanol–water partition coefficient (Wildman–Crippen LogP) is 1.81. The molecule has 0 aliphatic heterocycles. The van der Waals surface area contributed by atoms with Crippen molar-refractivity contribution in [2.24, 2.45) is 11.7 Å². The van der Waals surface area contributed by atoms with Crippen molar-refractivity contribution in [3.8, 4) is 5.75 Å². The van der Waals surface area contributed by atoms with E-state index in [0.717, 1.165) is 18.7 Å². The van der Waals surface area contributed by atoms with Gasteiger partial charge in [-0.25, -0.2) is 0 Å². The summed E-state index contributed by atoms with van der Waals surface area (Å²) in [7, 11) is 1.72. The van der Waals surface area contributed by atoms with E-state index in [0.29, 0.717) is 18.5 Å². The van der Waals surface area contributed by atoms with Gasteiger partial charge in [-0.05, 0) is 24.0 Å². The standard InChI is InChI=1S/C14H24N2O/c1-11(2)13(16-9-8-15)10-12-6-4-5-7-14(12)17-3/h4-7,11,13,16H,8-10,15H2,1-3H3. The number of nitrogens with two attached hydrogens (primary N) is 1. The van der Waals surface area contributed by atoms with Crippen molar-refractivity contribution < 1.29 is 4.74 Å². The quantitative estimate of drug-likeness (QED) is 0.759. The number of para-hydroxylation sites is 1. The van der Waals surface area contributed by atoms with E-state index in [1.165, 1.54) is 5.56 Å². The number of hydrogen-bond acceptors (Lipinski definition) is 3. The van der Waals surface area contributed by atoms with Crippen molar-refractivity contribution in [2.75, 3.05) is 20.2 Å². The lowest BCUT2D eigenvalue weighted by atomic mass is 9.96. The highest BCUT2D eigenvalue weighted by molar-refractivity contribution is 5.33. The Kier molecular flexibility index (Phi) is 6.01. The first-order valence-electron chi connectivity index (χ1n) is 6.24. The van der Waals surface area contributed by atoms with Crippen molar-refractivity contribution in [3.63, 3.8) is 0 Å². The highest BCUT2D eigenvalue weighted by Crippen LogP contribution is 2.20. The van der Waals surface area contributed by atoms with Crippen molar-refractivity contribution in [1.82, 2.24) is 5.32 Å². The summed E-state index contributed by atoms with van der Waals surface area (Å²) in [5, 5.41) is 3.49. The average Bonchev–Trinajstić information content (AvgIpc) is 2.34. The number of benzene rings is 1. The number of methoxy groups -OCH3 is 1.